The first-order valence-corrected chi connectivity index (χ1v) is 8.96. The number of carbonyl (C=O) groups excluding carboxylic acids is 1. The average Bonchev–Trinajstić information content (AvgIpc) is 2.58. The van der Waals surface area contributed by atoms with Gasteiger partial charge in [-0.3, -0.25) is 4.79 Å². The zero-order chi connectivity index (χ0) is 15.5. The molecule has 0 saturated heterocycles. The molecule has 22 heavy (non-hydrogen) atoms. The lowest BCUT2D eigenvalue weighted by Gasteiger charge is -2.52. The van der Waals surface area contributed by atoms with Gasteiger partial charge in [-0.15, -0.1) is 0 Å². The van der Waals surface area contributed by atoms with E-state index in [1.165, 1.54) is 44.9 Å². The van der Waals surface area contributed by atoms with E-state index >= 15 is 0 Å². The maximum Gasteiger partial charge on any atom is 0.317 e. The molecule has 0 radical (unpaired) electrons. The Balaban J connectivity index is 1.60. The van der Waals surface area contributed by atoms with Crippen molar-refractivity contribution in [3.8, 4) is 5.75 Å². The number of hydrogen-bond acceptors (Lipinski definition) is 2. The summed E-state index contributed by atoms with van der Waals surface area (Å²) in [6.45, 7) is 2.27. The third kappa shape index (κ3) is 3.06. The van der Waals surface area contributed by atoms with Gasteiger partial charge in [-0.1, -0.05) is 44.4 Å². The molecular formula is C20H28O2. The van der Waals surface area contributed by atoms with Gasteiger partial charge >= 0.3 is 5.97 Å². The van der Waals surface area contributed by atoms with Gasteiger partial charge in [-0.2, -0.15) is 0 Å². The summed E-state index contributed by atoms with van der Waals surface area (Å²) in [4.78, 5) is 12.7. The molecule has 0 unspecified atom stereocenters. The van der Waals surface area contributed by atoms with Crippen molar-refractivity contribution < 1.29 is 9.53 Å². The highest BCUT2D eigenvalue weighted by atomic mass is 16.5. The highest BCUT2D eigenvalue weighted by Gasteiger charge is 2.52. The zero-order valence-corrected chi connectivity index (χ0v) is 13.8. The first-order valence-electron chi connectivity index (χ1n) is 8.96. The van der Waals surface area contributed by atoms with Gasteiger partial charge in [-0.25, -0.2) is 0 Å². The Labute approximate surface area is 134 Å². The molecule has 4 rings (SSSR count). The van der Waals surface area contributed by atoms with E-state index in [-0.39, 0.29) is 11.4 Å². The molecule has 2 nitrogen and oxygen atoms in total. The molecule has 0 amide bonds. The number of hydrogen-bond donors (Lipinski definition) is 0. The summed E-state index contributed by atoms with van der Waals surface area (Å²) in [7, 11) is 0. The van der Waals surface area contributed by atoms with E-state index in [4.69, 9.17) is 4.74 Å². The minimum absolute atomic E-state index is 0.0144. The molecule has 0 aliphatic heterocycles. The molecule has 0 atom stereocenters. The SMILES string of the molecule is CCCCCC12CCC(C(=O)Oc3ccccc3)(CC1)CC2. The summed E-state index contributed by atoms with van der Waals surface area (Å²) in [5.41, 5.74) is 0.353. The van der Waals surface area contributed by atoms with Gasteiger partial charge in [0, 0.05) is 0 Å². The second kappa shape index (κ2) is 6.44. The first-order chi connectivity index (χ1) is 10.7. The highest BCUT2D eigenvalue weighted by Crippen LogP contribution is 2.59. The molecule has 1 aromatic carbocycles. The molecule has 3 fully saturated rings. The Morgan fingerprint density at radius 2 is 1.64 bits per heavy atom. The van der Waals surface area contributed by atoms with Crippen molar-refractivity contribution in [1.29, 1.82) is 0 Å². The van der Waals surface area contributed by atoms with Gasteiger partial charge in [0.1, 0.15) is 5.75 Å². The number of esters is 1. The average molecular weight is 300 g/mol. The fourth-order valence-corrected chi connectivity index (χ4v) is 4.40. The fraction of sp³-hybridized carbons (Fsp3) is 0.650. The van der Waals surface area contributed by atoms with Crippen LogP contribution in [0.1, 0.15) is 71.1 Å². The Morgan fingerprint density at radius 3 is 2.23 bits per heavy atom. The molecule has 1 aromatic rings. The van der Waals surface area contributed by atoms with Crippen molar-refractivity contribution in [2.24, 2.45) is 10.8 Å². The Kier molecular flexibility index (Phi) is 4.56. The maximum atomic E-state index is 12.7. The summed E-state index contributed by atoms with van der Waals surface area (Å²) < 4.78 is 5.67. The van der Waals surface area contributed by atoms with Crippen LogP contribution in [0.5, 0.6) is 5.75 Å². The number of ether oxygens (including phenoxy) is 1. The van der Waals surface area contributed by atoms with Crippen molar-refractivity contribution in [2.45, 2.75) is 71.1 Å². The second-order valence-electron chi connectivity index (χ2n) is 7.44. The monoisotopic (exact) mass is 300 g/mol. The van der Waals surface area contributed by atoms with Crippen LogP contribution in [-0.4, -0.2) is 5.97 Å². The van der Waals surface area contributed by atoms with Crippen LogP contribution in [-0.2, 0) is 4.79 Å². The summed E-state index contributed by atoms with van der Waals surface area (Å²) in [5.74, 6) is 0.702. The number of rotatable bonds is 6. The van der Waals surface area contributed by atoms with E-state index in [1.807, 2.05) is 30.3 Å². The molecule has 0 aromatic heterocycles. The molecule has 0 N–H and O–H groups in total. The van der Waals surface area contributed by atoms with Crippen LogP contribution in [0.25, 0.3) is 0 Å². The zero-order valence-electron chi connectivity index (χ0n) is 13.8. The molecule has 2 bridgehead atoms. The van der Waals surface area contributed by atoms with Crippen LogP contribution in [0.15, 0.2) is 30.3 Å². The Bertz CT molecular complexity index is 481. The molecule has 3 aliphatic carbocycles. The van der Waals surface area contributed by atoms with E-state index in [1.54, 1.807) is 0 Å². The summed E-state index contributed by atoms with van der Waals surface area (Å²) in [6.07, 6.45) is 12.1. The van der Waals surface area contributed by atoms with Crippen LogP contribution in [0, 0.1) is 10.8 Å². The fourth-order valence-electron chi connectivity index (χ4n) is 4.40. The molecule has 0 heterocycles. The predicted molar refractivity (Wildman–Crippen MR) is 88.8 cm³/mol. The van der Waals surface area contributed by atoms with Crippen LogP contribution >= 0.6 is 0 Å². The molecule has 3 aliphatic rings. The van der Waals surface area contributed by atoms with Gasteiger partial charge in [-0.05, 0) is 62.5 Å². The van der Waals surface area contributed by atoms with Crippen molar-refractivity contribution in [1.82, 2.24) is 0 Å². The van der Waals surface area contributed by atoms with Crippen LogP contribution in [0.3, 0.4) is 0 Å². The van der Waals surface area contributed by atoms with Crippen molar-refractivity contribution in [2.75, 3.05) is 0 Å². The lowest BCUT2D eigenvalue weighted by atomic mass is 9.52. The molecular weight excluding hydrogens is 272 g/mol. The van der Waals surface area contributed by atoms with Crippen molar-refractivity contribution >= 4 is 5.97 Å². The standard InChI is InChI=1S/C20H28O2/c1-2-3-7-10-19-11-14-20(15-12-19,16-13-19)18(21)22-17-8-5-4-6-9-17/h4-6,8-9H,2-3,7,10-16H2,1H3. The van der Waals surface area contributed by atoms with Gasteiger partial charge in [0.2, 0.25) is 0 Å². The van der Waals surface area contributed by atoms with Gasteiger partial charge in [0.05, 0.1) is 5.41 Å². The molecule has 3 saturated carbocycles. The third-order valence-electron chi connectivity index (χ3n) is 6.10. The Hall–Kier alpha value is -1.31. The second-order valence-corrected chi connectivity index (χ2v) is 7.44. The van der Waals surface area contributed by atoms with E-state index < -0.39 is 0 Å². The molecule has 120 valence electrons. The minimum atomic E-state index is -0.192. The Morgan fingerprint density at radius 1 is 1.00 bits per heavy atom. The number of unbranched alkanes of at least 4 members (excludes halogenated alkanes) is 2. The van der Waals surface area contributed by atoms with Crippen LogP contribution in [0.2, 0.25) is 0 Å². The summed E-state index contributed by atoms with van der Waals surface area (Å²) in [5, 5.41) is 0. The van der Waals surface area contributed by atoms with E-state index in [2.05, 4.69) is 6.92 Å². The van der Waals surface area contributed by atoms with Crippen molar-refractivity contribution in [3.63, 3.8) is 0 Å². The molecule has 0 spiro atoms. The van der Waals surface area contributed by atoms with Gasteiger partial charge in [0.15, 0.2) is 0 Å². The number of benzene rings is 1. The van der Waals surface area contributed by atoms with Gasteiger partial charge in [0.25, 0.3) is 0 Å². The molecule has 2 heteroatoms. The van der Waals surface area contributed by atoms with E-state index in [0.29, 0.717) is 11.2 Å². The van der Waals surface area contributed by atoms with E-state index in [9.17, 15) is 4.79 Å². The third-order valence-corrected chi connectivity index (χ3v) is 6.10. The van der Waals surface area contributed by atoms with Crippen molar-refractivity contribution in [3.05, 3.63) is 30.3 Å². The predicted octanol–water partition coefficient (Wildman–Crippen LogP) is 5.51. The summed E-state index contributed by atoms with van der Waals surface area (Å²) in [6, 6.07) is 9.52. The largest absolute Gasteiger partial charge is 0.426 e. The maximum absolute atomic E-state index is 12.7. The normalized spacial score (nSPS) is 30.2. The van der Waals surface area contributed by atoms with E-state index in [0.717, 1.165) is 19.3 Å². The smallest absolute Gasteiger partial charge is 0.317 e. The minimum Gasteiger partial charge on any atom is -0.426 e. The lowest BCUT2D eigenvalue weighted by molar-refractivity contribution is -0.156. The van der Waals surface area contributed by atoms with Crippen LogP contribution in [0.4, 0.5) is 0 Å². The highest BCUT2D eigenvalue weighted by molar-refractivity contribution is 5.79. The first kappa shape index (κ1) is 15.6. The summed E-state index contributed by atoms with van der Waals surface area (Å²) >= 11 is 0. The number of fused-ring (bicyclic) bond motifs is 3. The number of para-hydroxylation sites is 1. The van der Waals surface area contributed by atoms with Gasteiger partial charge < -0.3 is 4.74 Å². The van der Waals surface area contributed by atoms with Crippen LogP contribution < -0.4 is 4.74 Å². The lowest BCUT2D eigenvalue weighted by Crippen LogP contribution is -2.47. The topological polar surface area (TPSA) is 26.3 Å². The quantitative estimate of drug-likeness (QED) is 0.393. The number of carbonyl (C=O) groups is 1.